The number of hydrogen-bond donors (Lipinski definition) is 0. The number of morpholine rings is 1. The highest BCUT2D eigenvalue weighted by atomic mass is 35.5. The van der Waals surface area contributed by atoms with Crippen molar-refractivity contribution in [2.75, 3.05) is 19.8 Å². The molecule has 1 amide bonds. The maximum atomic E-state index is 13.6. The smallest absolute Gasteiger partial charge is 0.256 e. The Morgan fingerprint density at radius 3 is 2.84 bits per heavy atom. The van der Waals surface area contributed by atoms with Gasteiger partial charge in [0.25, 0.3) is 5.91 Å². The quantitative estimate of drug-likeness (QED) is 0.460. The maximum Gasteiger partial charge on any atom is 0.256 e. The SMILES string of the molecule is O=C(c1cc(Cl)ccc1-n1nccn1)N1CCOCC1Cc1cccc(-c2ncon2)c1. The lowest BCUT2D eigenvalue weighted by Gasteiger charge is -2.36. The summed E-state index contributed by atoms with van der Waals surface area (Å²) in [7, 11) is 0. The highest BCUT2D eigenvalue weighted by molar-refractivity contribution is 6.31. The Hall–Kier alpha value is -3.56. The summed E-state index contributed by atoms with van der Waals surface area (Å²) in [6, 6.07) is 12.9. The number of halogens is 1. The van der Waals surface area contributed by atoms with Crippen molar-refractivity contribution in [3.8, 4) is 17.1 Å². The molecule has 32 heavy (non-hydrogen) atoms. The summed E-state index contributed by atoms with van der Waals surface area (Å²) in [5, 5.41) is 12.7. The monoisotopic (exact) mass is 450 g/mol. The van der Waals surface area contributed by atoms with E-state index in [-0.39, 0.29) is 11.9 Å². The van der Waals surface area contributed by atoms with Gasteiger partial charge in [-0.15, -0.1) is 0 Å². The Labute approximate surface area is 188 Å². The van der Waals surface area contributed by atoms with Crippen LogP contribution in [0.3, 0.4) is 0 Å². The molecule has 3 heterocycles. The van der Waals surface area contributed by atoms with Crippen LogP contribution in [-0.2, 0) is 11.2 Å². The fraction of sp³-hybridized carbons (Fsp3) is 0.227. The normalized spacial score (nSPS) is 16.3. The van der Waals surface area contributed by atoms with Crippen LogP contribution in [0.2, 0.25) is 5.02 Å². The first kappa shape index (κ1) is 20.3. The van der Waals surface area contributed by atoms with Crippen molar-refractivity contribution >= 4 is 17.5 Å². The molecule has 1 aliphatic heterocycles. The molecular formula is C22H19ClN6O3. The molecule has 0 N–H and O–H groups in total. The average Bonchev–Trinajstić information content (AvgIpc) is 3.54. The molecule has 2 aromatic heterocycles. The Balaban J connectivity index is 1.43. The third kappa shape index (κ3) is 4.12. The van der Waals surface area contributed by atoms with Crippen LogP contribution in [0.5, 0.6) is 0 Å². The van der Waals surface area contributed by atoms with E-state index in [4.69, 9.17) is 20.9 Å². The van der Waals surface area contributed by atoms with E-state index in [2.05, 4.69) is 20.3 Å². The molecule has 1 fully saturated rings. The molecule has 0 radical (unpaired) electrons. The summed E-state index contributed by atoms with van der Waals surface area (Å²) in [6.45, 7) is 1.39. The van der Waals surface area contributed by atoms with Gasteiger partial charge in [-0.2, -0.15) is 20.0 Å². The molecular weight excluding hydrogens is 432 g/mol. The van der Waals surface area contributed by atoms with Crippen LogP contribution in [0.4, 0.5) is 0 Å². The largest absolute Gasteiger partial charge is 0.377 e. The van der Waals surface area contributed by atoms with Crippen molar-refractivity contribution in [1.82, 2.24) is 30.0 Å². The Morgan fingerprint density at radius 1 is 1.16 bits per heavy atom. The average molecular weight is 451 g/mol. The van der Waals surface area contributed by atoms with E-state index < -0.39 is 0 Å². The summed E-state index contributed by atoms with van der Waals surface area (Å²) in [6.07, 6.45) is 5.05. The minimum Gasteiger partial charge on any atom is -0.377 e. The zero-order valence-electron chi connectivity index (χ0n) is 17.0. The summed E-state index contributed by atoms with van der Waals surface area (Å²) in [5.41, 5.74) is 2.92. The van der Waals surface area contributed by atoms with E-state index >= 15 is 0 Å². The number of amides is 1. The van der Waals surface area contributed by atoms with E-state index in [1.807, 2.05) is 29.2 Å². The van der Waals surface area contributed by atoms with Gasteiger partial charge in [0.15, 0.2) is 0 Å². The number of hydrogen-bond acceptors (Lipinski definition) is 7. The van der Waals surface area contributed by atoms with Crippen molar-refractivity contribution in [3.05, 3.63) is 77.4 Å². The van der Waals surface area contributed by atoms with Gasteiger partial charge in [0.05, 0.1) is 42.9 Å². The van der Waals surface area contributed by atoms with Crippen molar-refractivity contribution < 1.29 is 14.1 Å². The van der Waals surface area contributed by atoms with Gasteiger partial charge in [0, 0.05) is 17.1 Å². The Morgan fingerprint density at radius 2 is 2.03 bits per heavy atom. The van der Waals surface area contributed by atoms with Crippen LogP contribution >= 0.6 is 11.6 Å². The third-order valence-electron chi connectivity index (χ3n) is 5.33. The summed E-state index contributed by atoms with van der Waals surface area (Å²) < 4.78 is 10.6. The summed E-state index contributed by atoms with van der Waals surface area (Å²) in [5.74, 6) is 0.386. The minimum absolute atomic E-state index is 0.137. The van der Waals surface area contributed by atoms with E-state index in [0.29, 0.717) is 48.3 Å². The topological polar surface area (TPSA) is 99.2 Å². The molecule has 0 aliphatic carbocycles. The van der Waals surface area contributed by atoms with Gasteiger partial charge in [0.1, 0.15) is 0 Å². The molecule has 0 saturated carbocycles. The Bertz CT molecular complexity index is 1210. The van der Waals surface area contributed by atoms with Gasteiger partial charge in [-0.05, 0) is 36.2 Å². The Kier molecular flexibility index (Phi) is 5.66. The second kappa shape index (κ2) is 8.89. The molecule has 1 aliphatic rings. The number of benzene rings is 2. The molecule has 0 bridgehead atoms. The van der Waals surface area contributed by atoms with Gasteiger partial charge >= 0.3 is 0 Å². The summed E-state index contributed by atoms with van der Waals surface area (Å²) in [4.78, 5) is 21.0. The maximum absolute atomic E-state index is 13.6. The fourth-order valence-corrected chi connectivity index (χ4v) is 4.02. The predicted molar refractivity (Wildman–Crippen MR) is 115 cm³/mol. The second-order valence-electron chi connectivity index (χ2n) is 7.37. The van der Waals surface area contributed by atoms with Crippen molar-refractivity contribution in [2.24, 2.45) is 0 Å². The molecule has 5 rings (SSSR count). The predicted octanol–water partition coefficient (Wildman–Crippen LogP) is 3.05. The lowest BCUT2D eigenvalue weighted by atomic mass is 10.0. The molecule has 0 spiro atoms. The molecule has 4 aromatic rings. The van der Waals surface area contributed by atoms with Gasteiger partial charge in [-0.3, -0.25) is 4.79 Å². The van der Waals surface area contributed by atoms with Crippen molar-refractivity contribution in [2.45, 2.75) is 12.5 Å². The molecule has 1 saturated heterocycles. The first-order chi connectivity index (χ1) is 15.7. The number of nitrogens with zero attached hydrogens (tertiary/aromatic N) is 6. The van der Waals surface area contributed by atoms with E-state index in [1.165, 1.54) is 11.2 Å². The number of ether oxygens (including phenoxy) is 1. The van der Waals surface area contributed by atoms with Gasteiger partial charge in [0.2, 0.25) is 12.2 Å². The highest BCUT2D eigenvalue weighted by Gasteiger charge is 2.30. The lowest BCUT2D eigenvalue weighted by molar-refractivity contribution is -0.00164. The fourth-order valence-electron chi connectivity index (χ4n) is 3.85. The van der Waals surface area contributed by atoms with E-state index in [0.717, 1.165) is 11.1 Å². The standard InChI is InChI=1S/C22H19ClN6O3/c23-17-4-5-20(29-25-6-7-26-29)19(12-17)22(30)28-8-9-31-13-18(28)11-15-2-1-3-16(10-15)21-24-14-32-27-21/h1-7,10,12,14,18H,8-9,11,13H2. The van der Waals surface area contributed by atoms with Gasteiger partial charge < -0.3 is 14.2 Å². The van der Waals surface area contributed by atoms with Gasteiger partial charge in [-0.1, -0.05) is 35.0 Å². The number of carbonyl (C=O) groups excluding carboxylic acids is 1. The molecule has 9 nitrogen and oxygen atoms in total. The molecule has 10 heteroatoms. The lowest BCUT2D eigenvalue weighted by Crippen LogP contribution is -2.50. The first-order valence-electron chi connectivity index (χ1n) is 10.1. The van der Waals surface area contributed by atoms with Crippen LogP contribution in [0.25, 0.3) is 17.1 Å². The minimum atomic E-state index is -0.144. The van der Waals surface area contributed by atoms with Crippen LogP contribution in [0.15, 0.2) is 65.8 Å². The number of rotatable bonds is 5. The third-order valence-corrected chi connectivity index (χ3v) is 5.56. The summed E-state index contributed by atoms with van der Waals surface area (Å²) >= 11 is 6.23. The zero-order valence-corrected chi connectivity index (χ0v) is 17.7. The van der Waals surface area contributed by atoms with E-state index in [9.17, 15) is 4.79 Å². The van der Waals surface area contributed by atoms with Gasteiger partial charge in [-0.25, -0.2) is 0 Å². The van der Waals surface area contributed by atoms with Crippen LogP contribution in [0.1, 0.15) is 15.9 Å². The van der Waals surface area contributed by atoms with Crippen LogP contribution < -0.4 is 0 Å². The molecule has 2 aromatic carbocycles. The highest BCUT2D eigenvalue weighted by Crippen LogP contribution is 2.24. The van der Waals surface area contributed by atoms with Crippen LogP contribution in [0, 0.1) is 0 Å². The molecule has 1 unspecified atom stereocenters. The number of carbonyl (C=O) groups is 1. The van der Waals surface area contributed by atoms with Crippen molar-refractivity contribution in [3.63, 3.8) is 0 Å². The first-order valence-corrected chi connectivity index (χ1v) is 10.5. The second-order valence-corrected chi connectivity index (χ2v) is 7.80. The number of aromatic nitrogens is 5. The van der Waals surface area contributed by atoms with Crippen molar-refractivity contribution in [1.29, 1.82) is 0 Å². The molecule has 162 valence electrons. The van der Waals surface area contributed by atoms with E-state index in [1.54, 1.807) is 30.6 Å². The molecule has 1 atom stereocenters. The van der Waals surface area contributed by atoms with Crippen LogP contribution in [-0.4, -0.2) is 61.7 Å². The zero-order chi connectivity index (χ0) is 21.9.